The highest BCUT2D eigenvalue weighted by Crippen LogP contribution is 2.50. The number of rotatable bonds is 4. The molecule has 0 aromatic heterocycles. The van der Waals surface area contributed by atoms with Crippen LogP contribution in [0.4, 0.5) is 0 Å². The smallest absolute Gasteiger partial charge is 0.227 e. The predicted octanol–water partition coefficient (Wildman–Crippen LogP) is 3.85. The van der Waals surface area contributed by atoms with E-state index < -0.39 is 14.3 Å². The van der Waals surface area contributed by atoms with E-state index in [0.717, 1.165) is 6.42 Å². The number of hydrogen-bond acceptors (Lipinski definition) is 3. The molecule has 0 radical (unpaired) electrons. The summed E-state index contributed by atoms with van der Waals surface area (Å²) in [5, 5.41) is 5.97. The maximum atomic E-state index is 6.23. The third kappa shape index (κ3) is 3.19. The van der Waals surface area contributed by atoms with Crippen LogP contribution in [0.2, 0.25) is 0 Å². The van der Waals surface area contributed by atoms with Crippen molar-refractivity contribution >= 4 is 64.3 Å². The molecule has 1 aliphatic rings. The molecule has 0 aromatic carbocycles. The molecule has 0 spiro atoms. The number of hydrogen-bond donors (Lipinski definition) is 0. The second kappa shape index (κ2) is 5.79. The van der Waals surface area contributed by atoms with Crippen LogP contribution in [-0.4, -0.2) is 43.6 Å². The van der Waals surface area contributed by atoms with Gasteiger partial charge in [-0.15, -0.1) is 0 Å². The third-order valence-corrected chi connectivity index (χ3v) is 4.90. The van der Waals surface area contributed by atoms with E-state index in [1.165, 1.54) is 0 Å². The molecule has 17 heavy (non-hydrogen) atoms. The molecule has 0 N–H and O–H groups in total. The maximum Gasteiger partial charge on any atom is 0.227 e. The molecule has 0 fully saturated rings. The van der Waals surface area contributed by atoms with E-state index in [-0.39, 0.29) is 0 Å². The summed E-state index contributed by atoms with van der Waals surface area (Å²) in [6, 6.07) is 0. The van der Waals surface area contributed by atoms with E-state index >= 15 is 0 Å². The molecule has 0 saturated heterocycles. The molecule has 0 aliphatic carbocycles. The van der Waals surface area contributed by atoms with Gasteiger partial charge in [0.1, 0.15) is 6.34 Å². The molecule has 1 aliphatic heterocycles. The van der Waals surface area contributed by atoms with Crippen molar-refractivity contribution < 1.29 is 0 Å². The molecule has 1 unspecified atom stereocenters. The Balaban J connectivity index is 2.98. The molecule has 0 bridgehead atoms. The van der Waals surface area contributed by atoms with Gasteiger partial charge in [0, 0.05) is 13.1 Å². The zero-order chi connectivity index (χ0) is 13.3. The van der Waals surface area contributed by atoms with Crippen LogP contribution in [0.3, 0.4) is 0 Å². The zero-order valence-corrected chi connectivity index (χ0v) is 13.3. The average molecular weight is 341 g/mol. The molecule has 1 heterocycles. The Bertz CT molecular complexity index is 289. The lowest BCUT2D eigenvalue weighted by Crippen LogP contribution is -2.56. The van der Waals surface area contributed by atoms with Gasteiger partial charge in [0.25, 0.3) is 0 Å². The molecular weight excluding hydrogens is 327 g/mol. The summed E-state index contributed by atoms with van der Waals surface area (Å²) in [6.45, 7) is 5.35. The Labute approximate surface area is 127 Å². The Morgan fingerprint density at radius 3 is 2.18 bits per heavy atom. The van der Waals surface area contributed by atoms with Crippen molar-refractivity contribution in [1.29, 1.82) is 0 Å². The number of hydrazone groups is 1. The van der Waals surface area contributed by atoms with E-state index in [2.05, 4.69) is 5.10 Å². The molecule has 0 amide bonds. The fourth-order valence-corrected chi connectivity index (χ4v) is 2.40. The summed E-state index contributed by atoms with van der Waals surface area (Å²) in [4.78, 5) is 1.84. The summed E-state index contributed by atoms with van der Waals surface area (Å²) >= 11 is 30.0. The van der Waals surface area contributed by atoms with Gasteiger partial charge in [-0.25, -0.2) is 0 Å². The van der Waals surface area contributed by atoms with Gasteiger partial charge in [0.05, 0.1) is 0 Å². The lowest BCUT2D eigenvalue weighted by Gasteiger charge is -2.41. The van der Waals surface area contributed by atoms with Gasteiger partial charge >= 0.3 is 0 Å². The van der Waals surface area contributed by atoms with Crippen molar-refractivity contribution in [3.8, 4) is 0 Å². The molecule has 100 valence electrons. The van der Waals surface area contributed by atoms with Gasteiger partial charge in [-0.3, -0.25) is 5.01 Å². The Morgan fingerprint density at radius 2 is 1.76 bits per heavy atom. The number of nitrogens with zero attached hydrogens (tertiary/aromatic N) is 3. The van der Waals surface area contributed by atoms with Gasteiger partial charge < -0.3 is 4.90 Å². The van der Waals surface area contributed by atoms with Crippen molar-refractivity contribution in [2.45, 2.75) is 34.6 Å². The minimum absolute atomic E-state index is 0.483. The summed E-state index contributed by atoms with van der Waals surface area (Å²) in [5.74, 6) is 0. The summed E-state index contributed by atoms with van der Waals surface area (Å²) in [6.07, 6.45) is 2.08. The molecule has 1 rings (SSSR count). The zero-order valence-electron chi connectivity index (χ0n) is 9.51. The molecule has 1 atom stereocenters. The number of halogens is 5. The first-order valence-corrected chi connectivity index (χ1v) is 7.15. The van der Waals surface area contributed by atoms with Gasteiger partial charge in [-0.1, -0.05) is 64.9 Å². The second-order valence-corrected chi connectivity index (χ2v) is 7.39. The van der Waals surface area contributed by atoms with Crippen molar-refractivity contribution in [3.05, 3.63) is 0 Å². The van der Waals surface area contributed by atoms with Crippen LogP contribution in [0.15, 0.2) is 5.10 Å². The summed E-state index contributed by atoms with van der Waals surface area (Å²) < 4.78 is -3.37. The van der Waals surface area contributed by atoms with Crippen LogP contribution in [0.25, 0.3) is 0 Å². The quantitative estimate of drug-likeness (QED) is 0.723. The van der Waals surface area contributed by atoms with Gasteiger partial charge in [0.2, 0.25) is 8.13 Å². The van der Waals surface area contributed by atoms with Crippen LogP contribution in [-0.2, 0) is 0 Å². The van der Waals surface area contributed by atoms with E-state index in [9.17, 15) is 0 Å². The van der Waals surface area contributed by atoms with Gasteiger partial charge in [0.15, 0.2) is 6.17 Å². The Kier molecular flexibility index (Phi) is 5.37. The minimum Gasteiger partial charge on any atom is -0.337 e. The normalized spacial score (nSPS) is 21.5. The van der Waals surface area contributed by atoms with Crippen LogP contribution < -0.4 is 0 Å². The third-order valence-electron chi connectivity index (χ3n) is 2.46. The van der Waals surface area contributed by atoms with E-state index in [0.29, 0.717) is 13.1 Å². The lowest BCUT2D eigenvalue weighted by atomic mass is 10.3. The highest BCUT2D eigenvalue weighted by atomic mass is 35.6. The maximum absolute atomic E-state index is 6.23. The van der Waals surface area contributed by atoms with Crippen molar-refractivity contribution in [3.63, 3.8) is 0 Å². The van der Waals surface area contributed by atoms with Crippen LogP contribution in [0, 0.1) is 0 Å². The highest BCUT2D eigenvalue weighted by molar-refractivity contribution is 6.75. The molecular formula is C9H14Cl5N3. The molecule has 0 aromatic rings. The summed E-state index contributed by atoms with van der Waals surface area (Å²) in [7, 11) is 0. The SMILES string of the molecule is CCCN1N=CN(CC)C1C(Cl)(Cl)C(Cl)(Cl)Cl. The molecule has 8 heteroatoms. The second-order valence-electron chi connectivity index (χ2n) is 3.72. The van der Waals surface area contributed by atoms with Crippen molar-refractivity contribution in [1.82, 2.24) is 9.91 Å². The van der Waals surface area contributed by atoms with Gasteiger partial charge in [-0.05, 0) is 13.3 Å². The molecule has 3 nitrogen and oxygen atoms in total. The minimum atomic E-state index is -1.80. The topological polar surface area (TPSA) is 18.8 Å². The Hall–Kier alpha value is 0.720. The van der Waals surface area contributed by atoms with E-state index in [1.54, 1.807) is 11.3 Å². The van der Waals surface area contributed by atoms with Crippen molar-refractivity contribution in [2.75, 3.05) is 13.1 Å². The monoisotopic (exact) mass is 339 g/mol. The van der Waals surface area contributed by atoms with Crippen LogP contribution in [0.5, 0.6) is 0 Å². The first-order valence-electron chi connectivity index (χ1n) is 5.26. The first-order chi connectivity index (χ1) is 7.75. The van der Waals surface area contributed by atoms with E-state index in [1.807, 2.05) is 18.7 Å². The largest absolute Gasteiger partial charge is 0.337 e. The van der Waals surface area contributed by atoms with Gasteiger partial charge in [-0.2, -0.15) is 5.10 Å². The fourth-order valence-electron chi connectivity index (χ4n) is 1.64. The van der Waals surface area contributed by atoms with Crippen molar-refractivity contribution in [2.24, 2.45) is 5.10 Å². The highest BCUT2D eigenvalue weighted by Gasteiger charge is 2.56. The average Bonchev–Trinajstić information content (AvgIpc) is 2.60. The lowest BCUT2D eigenvalue weighted by molar-refractivity contribution is 0.119. The van der Waals surface area contributed by atoms with Crippen LogP contribution >= 0.6 is 58.0 Å². The van der Waals surface area contributed by atoms with E-state index in [4.69, 9.17) is 58.0 Å². The Morgan fingerprint density at radius 1 is 1.18 bits per heavy atom. The fraction of sp³-hybridized carbons (Fsp3) is 0.889. The predicted molar refractivity (Wildman–Crippen MR) is 76.4 cm³/mol. The summed E-state index contributed by atoms with van der Waals surface area (Å²) in [5.41, 5.74) is 0. The number of alkyl halides is 5. The van der Waals surface area contributed by atoms with Crippen LogP contribution in [0.1, 0.15) is 20.3 Å². The standard InChI is InChI=1S/C9H14Cl5N3/c1-3-5-17-7(16(4-2)6-15-17)8(10,11)9(12,13)14/h6-7H,3-5H2,1-2H3. The molecule has 0 saturated carbocycles. The first kappa shape index (κ1) is 15.8.